The zero-order chi connectivity index (χ0) is 14.0. The number of rotatable bonds is 4. The van der Waals surface area contributed by atoms with Crippen molar-refractivity contribution < 1.29 is 19.2 Å². The molecular weight excluding hydrogens is 248 g/mol. The molecule has 1 aromatic heterocycles. The Labute approximate surface area is 111 Å². The van der Waals surface area contributed by atoms with Gasteiger partial charge < -0.3 is 14.5 Å². The number of carboxylic acids is 1. The molecular formula is C13H18N2O4. The van der Waals surface area contributed by atoms with Gasteiger partial charge in [0.2, 0.25) is 5.91 Å². The number of aliphatic carboxylic acids is 1. The van der Waals surface area contributed by atoms with Gasteiger partial charge in [0.05, 0.1) is 5.69 Å². The van der Waals surface area contributed by atoms with Crippen LogP contribution in [0.3, 0.4) is 0 Å². The lowest BCUT2D eigenvalue weighted by Gasteiger charge is -2.21. The SMILES string of the molecule is Cc1noc(C)c1CCC(=O)N1CCC[C@@H]1C(=O)O. The van der Waals surface area contributed by atoms with E-state index in [9.17, 15) is 9.59 Å². The Hall–Kier alpha value is -1.85. The van der Waals surface area contributed by atoms with Crippen LogP contribution in [0.15, 0.2) is 4.52 Å². The number of carbonyl (C=O) groups is 2. The highest BCUT2D eigenvalue weighted by atomic mass is 16.5. The Morgan fingerprint density at radius 3 is 2.79 bits per heavy atom. The lowest BCUT2D eigenvalue weighted by Crippen LogP contribution is -2.40. The third kappa shape index (κ3) is 2.77. The highest BCUT2D eigenvalue weighted by Gasteiger charge is 2.33. The zero-order valence-corrected chi connectivity index (χ0v) is 11.2. The summed E-state index contributed by atoms with van der Waals surface area (Å²) < 4.78 is 5.04. The molecule has 1 aromatic rings. The molecule has 2 heterocycles. The van der Waals surface area contributed by atoms with Crippen LogP contribution in [0.1, 0.15) is 36.3 Å². The first-order chi connectivity index (χ1) is 9.00. The van der Waals surface area contributed by atoms with Crippen molar-refractivity contribution in [2.45, 2.75) is 45.6 Å². The van der Waals surface area contributed by atoms with E-state index in [4.69, 9.17) is 9.63 Å². The third-order valence-electron chi connectivity index (χ3n) is 3.63. The summed E-state index contributed by atoms with van der Waals surface area (Å²) in [6.07, 6.45) is 2.15. The van der Waals surface area contributed by atoms with Gasteiger partial charge in [-0.25, -0.2) is 4.79 Å². The average Bonchev–Trinajstić information content (AvgIpc) is 2.95. The standard InChI is InChI=1S/C13H18N2O4/c1-8-10(9(2)19-14-8)5-6-12(16)15-7-3-4-11(15)13(17)18/h11H,3-7H2,1-2H3,(H,17,18)/t11-/m1/s1. The molecule has 1 N–H and O–H groups in total. The van der Waals surface area contributed by atoms with Gasteiger partial charge >= 0.3 is 5.97 Å². The predicted molar refractivity (Wildman–Crippen MR) is 66.7 cm³/mol. The van der Waals surface area contributed by atoms with Crippen molar-refractivity contribution in [3.63, 3.8) is 0 Å². The van der Waals surface area contributed by atoms with Crippen molar-refractivity contribution in [2.75, 3.05) is 6.54 Å². The normalized spacial score (nSPS) is 18.8. The first-order valence-electron chi connectivity index (χ1n) is 6.44. The topological polar surface area (TPSA) is 83.6 Å². The van der Waals surface area contributed by atoms with Crippen LogP contribution in [0.4, 0.5) is 0 Å². The zero-order valence-electron chi connectivity index (χ0n) is 11.2. The highest BCUT2D eigenvalue weighted by molar-refractivity contribution is 5.84. The quantitative estimate of drug-likeness (QED) is 0.888. The van der Waals surface area contributed by atoms with Crippen LogP contribution < -0.4 is 0 Å². The molecule has 1 aliphatic rings. The summed E-state index contributed by atoms with van der Waals surface area (Å²) in [5.74, 6) is -0.297. The third-order valence-corrected chi connectivity index (χ3v) is 3.63. The summed E-state index contributed by atoms with van der Waals surface area (Å²) in [5, 5.41) is 12.9. The van der Waals surface area contributed by atoms with E-state index in [0.717, 1.165) is 23.4 Å². The van der Waals surface area contributed by atoms with Gasteiger partial charge in [-0.2, -0.15) is 0 Å². The van der Waals surface area contributed by atoms with E-state index in [-0.39, 0.29) is 5.91 Å². The van der Waals surface area contributed by atoms with Crippen molar-refractivity contribution in [3.05, 3.63) is 17.0 Å². The Morgan fingerprint density at radius 2 is 2.21 bits per heavy atom. The molecule has 1 saturated heterocycles. The summed E-state index contributed by atoms with van der Waals surface area (Å²) >= 11 is 0. The van der Waals surface area contributed by atoms with Gasteiger partial charge in [0, 0.05) is 18.5 Å². The summed E-state index contributed by atoms with van der Waals surface area (Å²) in [7, 11) is 0. The maximum Gasteiger partial charge on any atom is 0.326 e. The molecule has 0 unspecified atom stereocenters. The number of carbonyl (C=O) groups excluding carboxylic acids is 1. The van der Waals surface area contributed by atoms with Crippen LogP contribution in [0, 0.1) is 13.8 Å². The first-order valence-corrected chi connectivity index (χ1v) is 6.44. The first kappa shape index (κ1) is 13.6. The van der Waals surface area contributed by atoms with Gasteiger partial charge in [0.15, 0.2) is 0 Å². The van der Waals surface area contributed by atoms with E-state index in [2.05, 4.69) is 5.16 Å². The van der Waals surface area contributed by atoms with Gasteiger partial charge in [-0.1, -0.05) is 5.16 Å². The number of amides is 1. The largest absolute Gasteiger partial charge is 0.480 e. The molecule has 0 saturated carbocycles. The van der Waals surface area contributed by atoms with E-state index in [1.165, 1.54) is 4.90 Å². The molecule has 0 spiro atoms. The predicted octanol–water partition coefficient (Wildman–Crippen LogP) is 1.30. The second-order valence-electron chi connectivity index (χ2n) is 4.89. The molecule has 1 aliphatic heterocycles. The van der Waals surface area contributed by atoms with E-state index in [0.29, 0.717) is 25.8 Å². The van der Waals surface area contributed by atoms with Gasteiger partial charge in [0.25, 0.3) is 0 Å². The van der Waals surface area contributed by atoms with E-state index in [1.54, 1.807) is 0 Å². The van der Waals surface area contributed by atoms with Crippen molar-refractivity contribution in [1.82, 2.24) is 10.1 Å². The molecule has 6 nitrogen and oxygen atoms in total. The van der Waals surface area contributed by atoms with Crippen LogP contribution in [0.2, 0.25) is 0 Å². The number of aryl methyl sites for hydroxylation is 2. The lowest BCUT2D eigenvalue weighted by molar-refractivity contribution is -0.148. The van der Waals surface area contributed by atoms with Crippen molar-refractivity contribution in [1.29, 1.82) is 0 Å². The van der Waals surface area contributed by atoms with Crippen LogP contribution >= 0.6 is 0 Å². The van der Waals surface area contributed by atoms with Crippen LogP contribution in [0.5, 0.6) is 0 Å². The van der Waals surface area contributed by atoms with Crippen LogP contribution in [0.25, 0.3) is 0 Å². The molecule has 0 aliphatic carbocycles. The molecule has 104 valence electrons. The Morgan fingerprint density at radius 1 is 1.47 bits per heavy atom. The van der Waals surface area contributed by atoms with E-state index in [1.807, 2.05) is 13.8 Å². The summed E-state index contributed by atoms with van der Waals surface area (Å²) in [6, 6.07) is -0.655. The van der Waals surface area contributed by atoms with Gasteiger partial charge in [0.1, 0.15) is 11.8 Å². The summed E-state index contributed by atoms with van der Waals surface area (Å²) in [5.41, 5.74) is 1.74. The Bertz CT molecular complexity index is 475. The fourth-order valence-electron chi connectivity index (χ4n) is 2.56. The molecule has 0 radical (unpaired) electrons. The molecule has 1 amide bonds. The fourth-order valence-corrected chi connectivity index (χ4v) is 2.56. The molecule has 6 heteroatoms. The molecule has 19 heavy (non-hydrogen) atoms. The minimum absolute atomic E-state index is 0.107. The van der Waals surface area contributed by atoms with Crippen LogP contribution in [-0.2, 0) is 16.0 Å². The molecule has 0 bridgehead atoms. The number of aromatic nitrogens is 1. The number of hydrogen-bond acceptors (Lipinski definition) is 4. The van der Waals surface area contributed by atoms with Crippen molar-refractivity contribution in [2.24, 2.45) is 0 Å². The lowest BCUT2D eigenvalue weighted by atomic mass is 10.1. The van der Waals surface area contributed by atoms with E-state index >= 15 is 0 Å². The van der Waals surface area contributed by atoms with E-state index < -0.39 is 12.0 Å². The smallest absolute Gasteiger partial charge is 0.326 e. The second-order valence-corrected chi connectivity index (χ2v) is 4.89. The maximum atomic E-state index is 12.1. The van der Waals surface area contributed by atoms with Gasteiger partial charge in [-0.15, -0.1) is 0 Å². The minimum atomic E-state index is -0.914. The van der Waals surface area contributed by atoms with Crippen molar-refractivity contribution in [3.8, 4) is 0 Å². The van der Waals surface area contributed by atoms with Gasteiger partial charge in [-0.3, -0.25) is 4.79 Å². The monoisotopic (exact) mass is 266 g/mol. The Kier molecular flexibility index (Phi) is 3.87. The number of nitrogens with zero attached hydrogens (tertiary/aromatic N) is 2. The van der Waals surface area contributed by atoms with Crippen molar-refractivity contribution >= 4 is 11.9 Å². The number of carboxylic acid groups (broad SMARTS) is 1. The second kappa shape index (κ2) is 5.42. The van der Waals surface area contributed by atoms with Gasteiger partial charge in [-0.05, 0) is 33.1 Å². The molecule has 0 aromatic carbocycles. The Balaban J connectivity index is 1.96. The fraction of sp³-hybridized carbons (Fsp3) is 0.615. The van der Waals surface area contributed by atoms with Crippen LogP contribution in [-0.4, -0.2) is 39.6 Å². The minimum Gasteiger partial charge on any atom is -0.480 e. The molecule has 1 fully saturated rings. The average molecular weight is 266 g/mol. The highest BCUT2D eigenvalue weighted by Crippen LogP contribution is 2.20. The maximum absolute atomic E-state index is 12.1. The molecule has 1 atom stereocenters. The number of hydrogen-bond donors (Lipinski definition) is 1. The molecule has 2 rings (SSSR count). The summed E-state index contributed by atoms with van der Waals surface area (Å²) in [4.78, 5) is 24.6. The summed E-state index contributed by atoms with van der Waals surface area (Å²) in [6.45, 7) is 4.19. The number of likely N-dealkylation sites (tertiary alicyclic amines) is 1.